The summed E-state index contributed by atoms with van der Waals surface area (Å²) >= 11 is 1.09. The first-order valence-corrected chi connectivity index (χ1v) is 9.47. The number of carbonyl (C=O) groups excluding carboxylic acids is 2. The number of benzene rings is 2. The number of fused-ring (bicyclic) bond motifs is 1. The van der Waals surface area contributed by atoms with Gasteiger partial charge >= 0.3 is 5.97 Å². The third kappa shape index (κ3) is 4.42. The predicted octanol–water partition coefficient (Wildman–Crippen LogP) is 4.24. The predicted molar refractivity (Wildman–Crippen MR) is 107 cm³/mol. The van der Waals surface area contributed by atoms with Gasteiger partial charge in [-0.15, -0.1) is 11.3 Å². The number of rotatable bonds is 6. The molecule has 8 heteroatoms. The van der Waals surface area contributed by atoms with Crippen LogP contribution >= 0.6 is 11.3 Å². The van der Waals surface area contributed by atoms with Crippen LogP contribution in [0.25, 0.3) is 10.1 Å². The molecular formula is C21H17FN2O4S. The maximum absolute atomic E-state index is 14.2. The Labute approximate surface area is 170 Å². The fraction of sp³-hybridized carbons (Fsp3) is 0.190. The summed E-state index contributed by atoms with van der Waals surface area (Å²) < 4.78 is 25.3. The van der Waals surface area contributed by atoms with Gasteiger partial charge in [0.2, 0.25) is 0 Å². The second-order valence-corrected chi connectivity index (χ2v) is 7.23. The first-order chi connectivity index (χ1) is 13.9. The molecule has 1 atom stereocenters. The molecule has 1 heterocycles. The molecule has 1 aromatic heterocycles. The summed E-state index contributed by atoms with van der Waals surface area (Å²) in [5.41, 5.74) is 1.33. The number of methoxy groups -OCH3 is 1. The number of esters is 1. The van der Waals surface area contributed by atoms with E-state index in [0.29, 0.717) is 26.9 Å². The van der Waals surface area contributed by atoms with E-state index < -0.39 is 23.8 Å². The Hall–Kier alpha value is -3.28. The average molecular weight is 412 g/mol. The van der Waals surface area contributed by atoms with Crippen LogP contribution < -0.4 is 5.32 Å². The average Bonchev–Trinajstić information content (AvgIpc) is 3.08. The zero-order valence-corrected chi connectivity index (χ0v) is 16.5. The fourth-order valence-corrected chi connectivity index (χ4v) is 3.86. The molecular weight excluding hydrogens is 395 g/mol. The Bertz CT molecular complexity index is 1100. The molecule has 3 aromatic rings. The lowest BCUT2D eigenvalue weighted by molar-refractivity contribution is -0.123. The molecule has 1 N–H and O–H groups in total. The number of ether oxygens (including phenoxy) is 2. The van der Waals surface area contributed by atoms with E-state index in [2.05, 4.69) is 5.32 Å². The number of hydrogen-bond donors (Lipinski definition) is 1. The molecule has 0 saturated carbocycles. The Morgan fingerprint density at radius 3 is 2.62 bits per heavy atom. The summed E-state index contributed by atoms with van der Waals surface area (Å²) in [6, 6.07) is 12.9. The molecule has 6 nitrogen and oxygen atoms in total. The van der Waals surface area contributed by atoms with Gasteiger partial charge in [0.25, 0.3) is 5.91 Å². The molecule has 0 saturated heterocycles. The summed E-state index contributed by atoms with van der Waals surface area (Å²) in [7, 11) is 1.45. The zero-order chi connectivity index (χ0) is 21.0. The molecule has 0 aliphatic heterocycles. The zero-order valence-electron chi connectivity index (χ0n) is 15.7. The second kappa shape index (κ2) is 8.82. The van der Waals surface area contributed by atoms with Gasteiger partial charge in [-0.1, -0.05) is 6.07 Å². The van der Waals surface area contributed by atoms with E-state index in [-0.39, 0.29) is 11.5 Å². The summed E-state index contributed by atoms with van der Waals surface area (Å²) in [5, 5.41) is 11.7. The maximum Gasteiger partial charge on any atom is 0.349 e. The van der Waals surface area contributed by atoms with E-state index in [1.54, 1.807) is 36.4 Å². The lowest BCUT2D eigenvalue weighted by atomic mass is 10.1. The van der Waals surface area contributed by atoms with E-state index in [4.69, 9.17) is 14.7 Å². The number of anilines is 1. The topological polar surface area (TPSA) is 88.4 Å². The van der Waals surface area contributed by atoms with Crippen LogP contribution in [0.5, 0.6) is 0 Å². The lowest BCUT2D eigenvalue weighted by Crippen LogP contribution is -2.30. The molecule has 0 spiro atoms. The third-order valence-corrected chi connectivity index (χ3v) is 5.35. The van der Waals surface area contributed by atoms with Crippen molar-refractivity contribution >= 4 is 39.0 Å². The Balaban J connectivity index is 1.76. The quantitative estimate of drug-likeness (QED) is 0.612. The van der Waals surface area contributed by atoms with Gasteiger partial charge in [0.05, 0.1) is 18.2 Å². The third-order valence-electron chi connectivity index (χ3n) is 4.17. The fourth-order valence-electron chi connectivity index (χ4n) is 2.75. The highest BCUT2D eigenvalue weighted by Gasteiger charge is 2.25. The second-order valence-electron chi connectivity index (χ2n) is 6.18. The smallest absolute Gasteiger partial charge is 0.349 e. The van der Waals surface area contributed by atoms with E-state index in [9.17, 15) is 14.0 Å². The molecule has 0 aliphatic rings. The van der Waals surface area contributed by atoms with Gasteiger partial charge in [-0.05, 0) is 43.3 Å². The highest BCUT2D eigenvalue weighted by atomic mass is 32.1. The Kier molecular flexibility index (Phi) is 6.22. The molecule has 1 amide bonds. The van der Waals surface area contributed by atoms with Crippen LogP contribution in [-0.4, -0.2) is 25.1 Å². The van der Waals surface area contributed by atoms with Crippen LogP contribution in [0.1, 0.15) is 27.7 Å². The Morgan fingerprint density at radius 1 is 1.24 bits per heavy atom. The SMILES string of the molecule is COCc1c(C(=O)O[C@@H](C)C(=O)Nc2ccc(C#N)cc2)sc2cccc(F)c12. The maximum atomic E-state index is 14.2. The molecule has 0 unspecified atom stereocenters. The van der Waals surface area contributed by atoms with E-state index in [1.165, 1.54) is 20.1 Å². The minimum atomic E-state index is -1.08. The molecule has 2 aromatic carbocycles. The number of carbonyl (C=O) groups is 2. The number of nitriles is 1. The summed E-state index contributed by atoms with van der Waals surface area (Å²) in [6.45, 7) is 1.48. The van der Waals surface area contributed by atoms with Gasteiger partial charge in [0.15, 0.2) is 6.10 Å². The van der Waals surface area contributed by atoms with Crippen molar-refractivity contribution in [3.05, 3.63) is 64.3 Å². The van der Waals surface area contributed by atoms with Crippen molar-refractivity contribution in [1.82, 2.24) is 0 Å². The minimum Gasteiger partial charge on any atom is -0.448 e. The van der Waals surface area contributed by atoms with Crippen LogP contribution in [-0.2, 0) is 20.9 Å². The van der Waals surface area contributed by atoms with Gasteiger partial charge in [0, 0.05) is 28.4 Å². The van der Waals surface area contributed by atoms with Gasteiger partial charge in [0.1, 0.15) is 10.7 Å². The van der Waals surface area contributed by atoms with Crippen molar-refractivity contribution in [2.75, 3.05) is 12.4 Å². The molecule has 148 valence electrons. The summed E-state index contributed by atoms with van der Waals surface area (Å²) in [4.78, 5) is 25.2. The first-order valence-electron chi connectivity index (χ1n) is 8.65. The van der Waals surface area contributed by atoms with Crippen molar-refractivity contribution in [2.45, 2.75) is 19.6 Å². The van der Waals surface area contributed by atoms with E-state index in [0.717, 1.165) is 11.3 Å². The monoisotopic (exact) mass is 412 g/mol. The molecule has 0 bridgehead atoms. The van der Waals surface area contributed by atoms with Gasteiger partial charge in [-0.3, -0.25) is 4.79 Å². The molecule has 0 fully saturated rings. The van der Waals surface area contributed by atoms with Gasteiger partial charge in [-0.2, -0.15) is 5.26 Å². The summed E-state index contributed by atoms with van der Waals surface area (Å²) in [6.07, 6.45) is -1.08. The van der Waals surface area contributed by atoms with Crippen molar-refractivity contribution in [1.29, 1.82) is 5.26 Å². The van der Waals surface area contributed by atoms with Crippen LogP contribution in [0.2, 0.25) is 0 Å². The highest BCUT2D eigenvalue weighted by Crippen LogP contribution is 2.34. The van der Waals surface area contributed by atoms with Gasteiger partial charge < -0.3 is 14.8 Å². The van der Waals surface area contributed by atoms with Crippen molar-refractivity contribution in [3.63, 3.8) is 0 Å². The number of hydrogen-bond acceptors (Lipinski definition) is 6. The van der Waals surface area contributed by atoms with Gasteiger partial charge in [-0.25, -0.2) is 9.18 Å². The number of amides is 1. The van der Waals surface area contributed by atoms with Crippen molar-refractivity contribution in [2.24, 2.45) is 0 Å². The van der Waals surface area contributed by atoms with Crippen LogP contribution in [0.4, 0.5) is 10.1 Å². The number of halogens is 1. The van der Waals surface area contributed by atoms with Crippen LogP contribution in [0, 0.1) is 17.1 Å². The van der Waals surface area contributed by atoms with E-state index in [1.807, 2.05) is 6.07 Å². The largest absolute Gasteiger partial charge is 0.448 e. The lowest BCUT2D eigenvalue weighted by Gasteiger charge is -2.13. The van der Waals surface area contributed by atoms with Crippen molar-refractivity contribution < 1.29 is 23.5 Å². The minimum absolute atomic E-state index is 0.0389. The first kappa shape index (κ1) is 20.5. The van der Waals surface area contributed by atoms with Crippen LogP contribution in [0.15, 0.2) is 42.5 Å². The summed E-state index contributed by atoms with van der Waals surface area (Å²) in [5.74, 6) is -1.69. The molecule has 0 radical (unpaired) electrons. The Morgan fingerprint density at radius 2 is 1.97 bits per heavy atom. The molecule has 29 heavy (non-hydrogen) atoms. The number of thiophene rings is 1. The highest BCUT2D eigenvalue weighted by molar-refractivity contribution is 7.21. The van der Waals surface area contributed by atoms with Crippen LogP contribution in [0.3, 0.4) is 0 Å². The van der Waals surface area contributed by atoms with Crippen molar-refractivity contribution in [3.8, 4) is 6.07 Å². The number of nitrogens with one attached hydrogen (secondary N) is 1. The van der Waals surface area contributed by atoms with E-state index >= 15 is 0 Å². The molecule has 3 rings (SSSR count). The standard InChI is InChI=1S/C21H17FN2O4S/c1-12(20(25)24-14-8-6-13(10-23)7-9-14)28-21(26)19-15(11-27-2)18-16(22)4-3-5-17(18)29-19/h3-9,12H,11H2,1-2H3,(H,24,25)/t12-/m0/s1. The number of nitrogens with zero attached hydrogens (tertiary/aromatic N) is 1. The normalized spacial score (nSPS) is 11.7. The molecule has 0 aliphatic carbocycles.